The summed E-state index contributed by atoms with van der Waals surface area (Å²) in [7, 11) is 0. The number of nitrogens with one attached hydrogen (secondary N) is 1. The minimum absolute atomic E-state index is 0.0113. The van der Waals surface area contributed by atoms with Crippen LogP contribution >= 0.6 is 0 Å². The van der Waals surface area contributed by atoms with Crippen LogP contribution in [-0.2, 0) is 4.74 Å². The molecule has 0 bridgehead atoms. The van der Waals surface area contributed by atoms with Gasteiger partial charge in [0.25, 0.3) is 5.56 Å². The second kappa shape index (κ2) is 6.53. The summed E-state index contributed by atoms with van der Waals surface area (Å²) in [5.74, 6) is -0.490. The molecule has 2 aromatic rings. The molecule has 1 aliphatic heterocycles. The van der Waals surface area contributed by atoms with E-state index in [2.05, 4.69) is 0 Å². The summed E-state index contributed by atoms with van der Waals surface area (Å²) in [6.45, 7) is 4.99. The van der Waals surface area contributed by atoms with Crippen molar-refractivity contribution in [3.63, 3.8) is 0 Å². The predicted molar refractivity (Wildman–Crippen MR) is 89.6 cm³/mol. The summed E-state index contributed by atoms with van der Waals surface area (Å²) >= 11 is 0. The second-order valence-corrected chi connectivity index (χ2v) is 6.08. The Hall–Kier alpha value is -2.92. The third-order valence-corrected chi connectivity index (χ3v) is 4.03. The molecule has 2 atom stereocenters. The molecular weight excluding hydrogens is 327 g/mol. The Labute approximate surface area is 142 Å². The number of nitrogens with zero attached hydrogens (tertiary/aromatic N) is 3. The van der Waals surface area contributed by atoms with Crippen LogP contribution in [0.2, 0.25) is 0 Å². The van der Waals surface area contributed by atoms with Gasteiger partial charge in [0.15, 0.2) is 0 Å². The average molecular weight is 344 g/mol. The highest BCUT2D eigenvalue weighted by Crippen LogP contribution is 2.25. The van der Waals surface area contributed by atoms with Crippen LogP contribution in [0.5, 0.6) is 0 Å². The molecule has 1 saturated heterocycles. The van der Waals surface area contributed by atoms with Gasteiger partial charge in [0.1, 0.15) is 17.4 Å². The molecule has 1 aromatic carbocycles. The number of ether oxygens (including phenoxy) is 1. The topological polar surface area (TPSA) is 91.1 Å². The third kappa shape index (κ3) is 3.32. The van der Waals surface area contributed by atoms with Crippen LogP contribution in [0.1, 0.15) is 19.4 Å². The molecule has 1 fully saturated rings. The van der Waals surface area contributed by atoms with Crippen molar-refractivity contribution in [2.24, 2.45) is 0 Å². The first kappa shape index (κ1) is 16.9. The minimum Gasteiger partial charge on any atom is -0.372 e. The number of halogens is 1. The van der Waals surface area contributed by atoms with E-state index >= 15 is 0 Å². The number of aromatic amines is 1. The smallest absolute Gasteiger partial charge is 0.332 e. The van der Waals surface area contributed by atoms with Crippen LogP contribution in [0.15, 0.2) is 34.0 Å². The van der Waals surface area contributed by atoms with Gasteiger partial charge in [-0.2, -0.15) is 5.26 Å². The van der Waals surface area contributed by atoms with Crippen molar-refractivity contribution in [2.75, 3.05) is 18.0 Å². The fourth-order valence-corrected chi connectivity index (χ4v) is 3.02. The Morgan fingerprint density at radius 3 is 2.56 bits per heavy atom. The monoisotopic (exact) mass is 344 g/mol. The van der Waals surface area contributed by atoms with E-state index in [4.69, 9.17) is 10.00 Å². The van der Waals surface area contributed by atoms with E-state index in [-0.39, 0.29) is 23.5 Å². The van der Waals surface area contributed by atoms with E-state index in [9.17, 15) is 14.0 Å². The zero-order valence-corrected chi connectivity index (χ0v) is 13.8. The van der Waals surface area contributed by atoms with E-state index < -0.39 is 17.1 Å². The van der Waals surface area contributed by atoms with Gasteiger partial charge < -0.3 is 9.64 Å². The summed E-state index contributed by atoms with van der Waals surface area (Å²) < 4.78 is 21.3. The zero-order chi connectivity index (χ0) is 18.1. The van der Waals surface area contributed by atoms with Gasteiger partial charge in [-0.3, -0.25) is 14.3 Å². The van der Waals surface area contributed by atoms with Crippen molar-refractivity contribution >= 4 is 5.69 Å². The van der Waals surface area contributed by atoms with Gasteiger partial charge in [0.2, 0.25) is 0 Å². The molecule has 8 heteroatoms. The molecular formula is C17H17FN4O3. The van der Waals surface area contributed by atoms with Gasteiger partial charge in [-0.25, -0.2) is 9.18 Å². The average Bonchev–Trinajstić information content (AvgIpc) is 2.54. The molecule has 130 valence electrons. The lowest BCUT2D eigenvalue weighted by Gasteiger charge is -2.37. The summed E-state index contributed by atoms with van der Waals surface area (Å²) in [6, 6.07) is 6.07. The van der Waals surface area contributed by atoms with Crippen LogP contribution in [0.25, 0.3) is 5.69 Å². The lowest BCUT2D eigenvalue weighted by atomic mass is 10.2. The number of nitriles is 1. The van der Waals surface area contributed by atoms with Crippen molar-refractivity contribution in [2.45, 2.75) is 26.1 Å². The molecule has 1 aromatic heterocycles. The van der Waals surface area contributed by atoms with Crippen LogP contribution in [0.4, 0.5) is 10.1 Å². The minimum atomic E-state index is -0.767. The molecule has 7 nitrogen and oxygen atoms in total. The Balaban J connectivity index is 2.00. The van der Waals surface area contributed by atoms with Crippen LogP contribution < -0.4 is 16.1 Å². The largest absolute Gasteiger partial charge is 0.372 e. The maximum Gasteiger partial charge on any atom is 0.332 e. The number of benzene rings is 1. The van der Waals surface area contributed by atoms with Crippen LogP contribution in [0.3, 0.4) is 0 Å². The van der Waals surface area contributed by atoms with E-state index in [1.54, 1.807) is 18.2 Å². The first-order chi connectivity index (χ1) is 11.9. The van der Waals surface area contributed by atoms with Gasteiger partial charge in [-0.1, -0.05) is 0 Å². The standard InChI is InChI=1S/C17H17FN4O3/c1-10-7-21(8-11(2)25-10)15-4-3-13(5-14(15)18)22-9-12(6-19)16(23)20-17(22)24/h3-5,9-11H,7-8H2,1-2H3,(H,20,23,24). The molecule has 0 amide bonds. The van der Waals surface area contributed by atoms with Crippen molar-refractivity contribution < 1.29 is 9.13 Å². The van der Waals surface area contributed by atoms with Crippen molar-refractivity contribution in [1.82, 2.24) is 9.55 Å². The van der Waals surface area contributed by atoms with Gasteiger partial charge in [-0.05, 0) is 26.0 Å². The van der Waals surface area contributed by atoms with Gasteiger partial charge in [0.05, 0.1) is 23.6 Å². The fourth-order valence-electron chi connectivity index (χ4n) is 3.02. The molecule has 3 rings (SSSR count). The number of anilines is 1. The Kier molecular flexibility index (Phi) is 4.42. The first-order valence-corrected chi connectivity index (χ1v) is 7.85. The van der Waals surface area contributed by atoms with Crippen LogP contribution in [-0.4, -0.2) is 34.8 Å². The Morgan fingerprint density at radius 2 is 1.96 bits per heavy atom. The molecule has 2 heterocycles. The van der Waals surface area contributed by atoms with E-state index in [0.29, 0.717) is 18.8 Å². The lowest BCUT2D eigenvalue weighted by Crippen LogP contribution is -2.45. The lowest BCUT2D eigenvalue weighted by molar-refractivity contribution is -0.00539. The van der Waals surface area contributed by atoms with Gasteiger partial charge in [-0.15, -0.1) is 0 Å². The number of aromatic nitrogens is 2. The molecule has 0 saturated carbocycles. The fraction of sp³-hybridized carbons (Fsp3) is 0.353. The van der Waals surface area contributed by atoms with Crippen molar-refractivity contribution in [1.29, 1.82) is 5.26 Å². The zero-order valence-electron chi connectivity index (χ0n) is 13.8. The van der Waals surface area contributed by atoms with E-state index in [1.807, 2.05) is 23.7 Å². The number of hydrogen-bond donors (Lipinski definition) is 1. The van der Waals surface area contributed by atoms with Gasteiger partial charge in [0, 0.05) is 25.4 Å². The normalized spacial score (nSPS) is 20.3. The number of morpholine rings is 1. The third-order valence-electron chi connectivity index (χ3n) is 4.03. The maximum atomic E-state index is 14.6. The van der Waals surface area contributed by atoms with Crippen molar-refractivity contribution in [3.8, 4) is 11.8 Å². The summed E-state index contributed by atoms with van der Waals surface area (Å²) in [4.78, 5) is 27.3. The number of rotatable bonds is 2. The molecule has 0 spiro atoms. The molecule has 1 N–H and O–H groups in total. The maximum absolute atomic E-state index is 14.6. The van der Waals surface area contributed by atoms with Gasteiger partial charge >= 0.3 is 5.69 Å². The molecule has 25 heavy (non-hydrogen) atoms. The van der Waals surface area contributed by atoms with E-state index in [0.717, 1.165) is 10.8 Å². The number of hydrogen-bond acceptors (Lipinski definition) is 5. The molecule has 0 radical (unpaired) electrons. The number of H-pyrrole nitrogens is 1. The van der Waals surface area contributed by atoms with Crippen molar-refractivity contribution in [3.05, 3.63) is 56.6 Å². The Morgan fingerprint density at radius 1 is 1.28 bits per heavy atom. The first-order valence-electron chi connectivity index (χ1n) is 7.85. The highest BCUT2D eigenvalue weighted by atomic mass is 19.1. The summed E-state index contributed by atoms with van der Waals surface area (Å²) in [5.41, 5.74) is -1.07. The second-order valence-electron chi connectivity index (χ2n) is 6.08. The Bertz CT molecular complexity index is 950. The predicted octanol–water partition coefficient (Wildman–Crippen LogP) is 1.15. The molecule has 1 aliphatic rings. The van der Waals surface area contributed by atoms with E-state index in [1.165, 1.54) is 6.07 Å². The highest BCUT2D eigenvalue weighted by Gasteiger charge is 2.24. The van der Waals surface area contributed by atoms with Crippen LogP contribution in [0, 0.1) is 17.1 Å². The highest BCUT2D eigenvalue weighted by molar-refractivity contribution is 5.53. The SMILES string of the molecule is CC1CN(c2ccc(-n3cc(C#N)c(=O)[nH]c3=O)cc2F)CC(C)O1. The molecule has 0 aliphatic carbocycles. The summed E-state index contributed by atoms with van der Waals surface area (Å²) in [6.07, 6.45) is 1.08. The molecule has 2 unspecified atom stereocenters. The summed E-state index contributed by atoms with van der Waals surface area (Å²) in [5, 5.41) is 8.92. The quantitative estimate of drug-likeness (QED) is 0.882.